The topological polar surface area (TPSA) is 26.0 Å². The van der Waals surface area contributed by atoms with E-state index >= 15 is 0 Å². The van der Waals surface area contributed by atoms with E-state index < -0.39 is 0 Å². The predicted molar refractivity (Wildman–Crippen MR) is 61.0 cm³/mol. The highest BCUT2D eigenvalue weighted by Gasteiger charge is 2.53. The number of halogens is 2. The van der Waals surface area contributed by atoms with Crippen molar-refractivity contribution in [2.75, 3.05) is 6.54 Å². The molecule has 0 spiro atoms. The van der Waals surface area contributed by atoms with Crippen LogP contribution in [-0.2, 0) is 5.41 Å². The van der Waals surface area contributed by atoms with Crippen LogP contribution < -0.4 is 5.73 Å². The van der Waals surface area contributed by atoms with Gasteiger partial charge >= 0.3 is 0 Å². The maximum atomic E-state index is 6.16. The minimum Gasteiger partial charge on any atom is -0.330 e. The molecule has 0 aliphatic heterocycles. The van der Waals surface area contributed by atoms with Crippen LogP contribution in [0.5, 0.6) is 0 Å². The van der Waals surface area contributed by atoms with Gasteiger partial charge in [-0.3, -0.25) is 0 Å². The van der Waals surface area contributed by atoms with Crippen molar-refractivity contribution in [3.8, 4) is 0 Å². The van der Waals surface area contributed by atoms with Crippen LogP contribution in [0.25, 0.3) is 0 Å². The fourth-order valence-electron chi connectivity index (χ4n) is 2.20. The van der Waals surface area contributed by atoms with Gasteiger partial charge in [-0.1, -0.05) is 36.2 Å². The molecule has 0 bridgehead atoms. The van der Waals surface area contributed by atoms with Crippen molar-refractivity contribution in [2.45, 2.75) is 18.8 Å². The molecule has 2 atom stereocenters. The van der Waals surface area contributed by atoms with E-state index in [0.29, 0.717) is 12.5 Å². The Labute approximate surface area is 94.2 Å². The van der Waals surface area contributed by atoms with E-state index in [4.69, 9.17) is 28.9 Å². The lowest BCUT2D eigenvalue weighted by atomic mass is 9.93. The zero-order chi connectivity index (χ0) is 10.3. The molecule has 14 heavy (non-hydrogen) atoms. The molecule has 1 saturated carbocycles. The summed E-state index contributed by atoms with van der Waals surface area (Å²) in [5, 5.41) is 1.49. The van der Waals surface area contributed by atoms with E-state index in [1.807, 2.05) is 18.2 Å². The van der Waals surface area contributed by atoms with Crippen molar-refractivity contribution >= 4 is 23.2 Å². The van der Waals surface area contributed by atoms with Crippen LogP contribution in [0.1, 0.15) is 18.9 Å². The molecule has 0 amide bonds. The van der Waals surface area contributed by atoms with Gasteiger partial charge in [0, 0.05) is 22.0 Å². The minimum absolute atomic E-state index is 0.0371. The summed E-state index contributed by atoms with van der Waals surface area (Å²) < 4.78 is 0. The highest BCUT2D eigenvalue weighted by Crippen LogP contribution is 2.56. The third kappa shape index (κ3) is 1.35. The van der Waals surface area contributed by atoms with E-state index in [1.54, 1.807) is 0 Å². The second-order valence-corrected chi connectivity index (χ2v) is 4.88. The van der Waals surface area contributed by atoms with E-state index in [9.17, 15) is 0 Å². The van der Waals surface area contributed by atoms with Gasteiger partial charge in [0.15, 0.2) is 0 Å². The van der Waals surface area contributed by atoms with E-state index in [2.05, 4.69) is 6.92 Å². The summed E-state index contributed by atoms with van der Waals surface area (Å²) in [5.74, 6) is 0.588. The Balaban J connectivity index is 2.51. The maximum Gasteiger partial charge on any atom is 0.0459 e. The Morgan fingerprint density at radius 2 is 1.93 bits per heavy atom. The highest BCUT2D eigenvalue weighted by atomic mass is 35.5. The van der Waals surface area contributed by atoms with Crippen LogP contribution in [0.3, 0.4) is 0 Å². The molecule has 0 heterocycles. The van der Waals surface area contributed by atoms with Crippen molar-refractivity contribution in [1.82, 2.24) is 0 Å². The monoisotopic (exact) mass is 229 g/mol. The second kappa shape index (κ2) is 3.41. The number of nitrogens with two attached hydrogens (primary N) is 1. The molecule has 1 aromatic rings. The summed E-state index contributed by atoms with van der Waals surface area (Å²) in [4.78, 5) is 0. The van der Waals surface area contributed by atoms with Gasteiger partial charge < -0.3 is 5.73 Å². The average Bonchev–Trinajstić information content (AvgIpc) is 2.78. The van der Waals surface area contributed by atoms with Crippen molar-refractivity contribution in [3.63, 3.8) is 0 Å². The standard InChI is InChI=1S/C11H13Cl2N/c1-7-5-11(7,6-14)10-8(12)3-2-4-9(10)13/h2-4,7H,5-6,14H2,1H3. The number of hydrogen-bond donors (Lipinski definition) is 1. The van der Waals surface area contributed by atoms with Gasteiger partial charge in [0.05, 0.1) is 0 Å². The molecule has 1 nitrogen and oxygen atoms in total. The Bertz CT molecular complexity index is 340. The van der Waals surface area contributed by atoms with Gasteiger partial charge in [-0.25, -0.2) is 0 Å². The van der Waals surface area contributed by atoms with Gasteiger partial charge in [0.2, 0.25) is 0 Å². The molecule has 0 aromatic heterocycles. The first-order valence-electron chi connectivity index (χ1n) is 4.76. The first-order valence-corrected chi connectivity index (χ1v) is 5.52. The Kier molecular flexibility index (Phi) is 2.50. The average molecular weight is 230 g/mol. The van der Waals surface area contributed by atoms with Crippen LogP contribution in [0, 0.1) is 5.92 Å². The van der Waals surface area contributed by atoms with Gasteiger partial charge in [-0.05, 0) is 30.0 Å². The molecule has 2 N–H and O–H groups in total. The molecular weight excluding hydrogens is 217 g/mol. The fraction of sp³-hybridized carbons (Fsp3) is 0.455. The van der Waals surface area contributed by atoms with Gasteiger partial charge in [0.25, 0.3) is 0 Å². The molecule has 3 heteroatoms. The van der Waals surface area contributed by atoms with Crippen molar-refractivity contribution < 1.29 is 0 Å². The molecule has 0 radical (unpaired) electrons. The van der Waals surface area contributed by atoms with E-state index in [-0.39, 0.29) is 5.41 Å². The van der Waals surface area contributed by atoms with Crippen molar-refractivity contribution in [3.05, 3.63) is 33.8 Å². The summed E-state index contributed by atoms with van der Waals surface area (Å²) >= 11 is 12.3. The largest absolute Gasteiger partial charge is 0.330 e. The number of hydrogen-bond acceptors (Lipinski definition) is 1. The summed E-state index contributed by atoms with van der Waals surface area (Å²) in [6.07, 6.45) is 1.09. The summed E-state index contributed by atoms with van der Waals surface area (Å²) in [7, 11) is 0. The number of benzene rings is 1. The minimum atomic E-state index is 0.0371. The van der Waals surface area contributed by atoms with Gasteiger partial charge in [0.1, 0.15) is 0 Å². The van der Waals surface area contributed by atoms with Crippen LogP contribution in [0.2, 0.25) is 10.0 Å². The van der Waals surface area contributed by atoms with Crippen molar-refractivity contribution in [1.29, 1.82) is 0 Å². The Morgan fingerprint density at radius 3 is 2.29 bits per heavy atom. The van der Waals surface area contributed by atoms with E-state index in [0.717, 1.165) is 22.0 Å². The first kappa shape index (κ1) is 10.3. The molecule has 1 aromatic carbocycles. The smallest absolute Gasteiger partial charge is 0.0459 e. The summed E-state index contributed by atoms with van der Waals surface area (Å²) in [6.45, 7) is 2.81. The van der Waals surface area contributed by atoms with Crippen LogP contribution in [0.15, 0.2) is 18.2 Å². The molecule has 1 aliphatic rings. The quantitative estimate of drug-likeness (QED) is 0.829. The molecule has 0 saturated heterocycles. The Hall–Kier alpha value is -0.240. The van der Waals surface area contributed by atoms with Crippen molar-refractivity contribution in [2.24, 2.45) is 11.7 Å². The zero-order valence-corrected chi connectivity index (χ0v) is 9.57. The van der Waals surface area contributed by atoms with Crippen LogP contribution in [-0.4, -0.2) is 6.54 Å². The van der Waals surface area contributed by atoms with E-state index in [1.165, 1.54) is 0 Å². The first-order chi connectivity index (χ1) is 6.62. The molecular formula is C11H13Cl2N. The predicted octanol–water partition coefficient (Wildman–Crippen LogP) is 3.23. The SMILES string of the molecule is CC1CC1(CN)c1c(Cl)cccc1Cl. The molecule has 2 unspecified atom stereocenters. The third-order valence-electron chi connectivity index (χ3n) is 3.28. The zero-order valence-electron chi connectivity index (χ0n) is 8.06. The second-order valence-electron chi connectivity index (χ2n) is 4.06. The van der Waals surface area contributed by atoms with Crippen LogP contribution >= 0.6 is 23.2 Å². The molecule has 1 aliphatic carbocycles. The lowest BCUT2D eigenvalue weighted by Gasteiger charge is -2.17. The molecule has 2 rings (SSSR count). The summed E-state index contributed by atoms with van der Waals surface area (Å²) in [6, 6.07) is 5.63. The lowest BCUT2D eigenvalue weighted by Crippen LogP contribution is -2.22. The maximum absolute atomic E-state index is 6.16. The normalized spacial score (nSPS) is 30.4. The highest BCUT2D eigenvalue weighted by molar-refractivity contribution is 6.36. The summed E-state index contributed by atoms with van der Waals surface area (Å²) in [5.41, 5.74) is 6.89. The number of rotatable bonds is 2. The van der Waals surface area contributed by atoms with Gasteiger partial charge in [-0.15, -0.1) is 0 Å². The Morgan fingerprint density at radius 1 is 1.43 bits per heavy atom. The fourth-order valence-corrected chi connectivity index (χ4v) is 2.97. The molecule has 1 fully saturated rings. The lowest BCUT2D eigenvalue weighted by molar-refractivity contribution is 0.642. The van der Waals surface area contributed by atoms with Crippen LogP contribution in [0.4, 0.5) is 0 Å². The molecule has 76 valence electrons. The van der Waals surface area contributed by atoms with Gasteiger partial charge in [-0.2, -0.15) is 0 Å². The third-order valence-corrected chi connectivity index (χ3v) is 3.91.